The highest BCUT2D eigenvalue weighted by Gasteiger charge is 2.18. The van der Waals surface area contributed by atoms with Gasteiger partial charge in [-0.2, -0.15) is 0 Å². The highest BCUT2D eigenvalue weighted by Crippen LogP contribution is 2.08. The van der Waals surface area contributed by atoms with Crippen LogP contribution in [0.1, 0.15) is 0 Å². The molecule has 6 nitrogen and oxygen atoms in total. The van der Waals surface area contributed by atoms with Crippen molar-refractivity contribution in [3.05, 3.63) is 27.0 Å². The summed E-state index contributed by atoms with van der Waals surface area (Å²) in [5.74, 6) is 0. The molecule has 1 aromatic rings. The number of hydrogen-bond acceptors (Lipinski definition) is 4. The molecular formula is C6H5ClF2N2O4S. The van der Waals surface area contributed by atoms with Crippen LogP contribution < -0.4 is 11.2 Å². The quantitative estimate of drug-likeness (QED) is 0.769. The van der Waals surface area contributed by atoms with Crippen LogP contribution in [0, 0.1) is 0 Å². The van der Waals surface area contributed by atoms with Gasteiger partial charge in [-0.1, -0.05) is 0 Å². The molecule has 0 amide bonds. The Bertz CT molecular complexity index is 606. The van der Waals surface area contributed by atoms with Crippen molar-refractivity contribution >= 4 is 19.7 Å². The van der Waals surface area contributed by atoms with E-state index in [0.29, 0.717) is 10.8 Å². The predicted molar refractivity (Wildman–Crippen MR) is 50.4 cm³/mol. The number of nitrogens with zero attached hydrogens (tertiary/aromatic N) is 1. The van der Waals surface area contributed by atoms with Gasteiger partial charge in [-0.25, -0.2) is 22.0 Å². The minimum atomic E-state index is -4.38. The molecule has 10 heteroatoms. The molecule has 0 unspecified atom stereocenters. The fourth-order valence-electron chi connectivity index (χ4n) is 0.947. The first kappa shape index (κ1) is 12.8. The molecule has 0 saturated carbocycles. The van der Waals surface area contributed by atoms with Crippen molar-refractivity contribution in [1.29, 1.82) is 0 Å². The number of aromatic nitrogens is 2. The van der Waals surface area contributed by atoms with Crippen LogP contribution in [0.3, 0.4) is 0 Å². The number of aromatic amines is 1. The maximum Gasteiger partial charge on any atom is 0.328 e. The SMILES string of the molecule is O=c1[nH]c(=O)n(CC(F)F)cc1S(=O)(=O)Cl. The Morgan fingerprint density at radius 2 is 2.00 bits per heavy atom. The number of halogens is 3. The van der Waals surface area contributed by atoms with Gasteiger partial charge in [-0.05, 0) is 0 Å². The topological polar surface area (TPSA) is 89.0 Å². The monoisotopic (exact) mass is 274 g/mol. The van der Waals surface area contributed by atoms with Gasteiger partial charge in [-0.15, -0.1) is 0 Å². The molecule has 0 radical (unpaired) electrons. The Kier molecular flexibility index (Phi) is 3.48. The summed E-state index contributed by atoms with van der Waals surface area (Å²) in [5, 5.41) is 0. The number of alkyl halides is 2. The van der Waals surface area contributed by atoms with E-state index < -0.39 is 38.2 Å². The van der Waals surface area contributed by atoms with Crippen LogP contribution in [0.5, 0.6) is 0 Å². The van der Waals surface area contributed by atoms with Gasteiger partial charge in [0.1, 0.15) is 0 Å². The number of hydrogen-bond donors (Lipinski definition) is 1. The molecule has 0 bridgehead atoms. The lowest BCUT2D eigenvalue weighted by molar-refractivity contribution is 0.124. The summed E-state index contributed by atoms with van der Waals surface area (Å²) in [5.41, 5.74) is -2.38. The molecule has 1 heterocycles. The first-order chi connectivity index (χ1) is 7.21. The van der Waals surface area contributed by atoms with E-state index in [1.165, 1.54) is 0 Å². The highest BCUT2D eigenvalue weighted by atomic mass is 35.7. The molecule has 1 N–H and O–H groups in total. The summed E-state index contributed by atoms with van der Waals surface area (Å²) in [6.45, 7) is -1.03. The van der Waals surface area contributed by atoms with E-state index in [1.807, 2.05) is 0 Å². The van der Waals surface area contributed by atoms with Crippen LogP contribution in [-0.2, 0) is 15.6 Å². The Balaban J connectivity index is 3.45. The summed E-state index contributed by atoms with van der Waals surface area (Å²) in [4.78, 5) is 22.6. The largest absolute Gasteiger partial charge is 0.328 e. The van der Waals surface area contributed by atoms with E-state index in [2.05, 4.69) is 0 Å². The number of H-pyrrole nitrogens is 1. The molecule has 0 atom stereocenters. The second-order valence-corrected chi connectivity index (χ2v) is 5.27. The zero-order chi connectivity index (χ0) is 12.5. The second kappa shape index (κ2) is 4.34. The van der Waals surface area contributed by atoms with Crippen molar-refractivity contribution in [3.8, 4) is 0 Å². The lowest BCUT2D eigenvalue weighted by Crippen LogP contribution is -2.33. The van der Waals surface area contributed by atoms with E-state index in [-0.39, 0.29) is 0 Å². The number of rotatable bonds is 3. The van der Waals surface area contributed by atoms with Gasteiger partial charge < -0.3 is 0 Å². The average molecular weight is 275 g/mol. The van der Waals surface area contributed by atoms with Crippen molar-refractivity contribution in [1.82, 2.24) is 9.55 Å². The van der Waals surface area contributed by atoms with Crippen LogP contribution in [0.2, 0.25) is 0 Å². The molecule has 0 aliphatic heterocycles. The van der Waals surface area contributed by atoms with E-state index in [0.717, 1.165) is 0 Å². The molecule has 16 heavy (non-hydrogen) atoms. The minimum absolute atomic E-state index is 0.362. The van der Waals surface area contributed by atoms with Crippen LogP contribution in [0.25, 0.3) is 0 Å². The summed E-state index contributed by atoms with van der Waals surface area (Å²) >= 11 is 0. The maximum atomic E-state index is 12.0. The molecule has 1 aromatic heterocycles. The van der Waals surface area contributed by atoms with E-state index in [1.54, 1.807) is 4.98 Å². The van der Waals surface area contributed by atoms with Crippen LogP contribution >= 0.6 is 10.7 Å². The first-order valence-electron chi connectivity index (χ1n) is 3.78. The molecule has 0 spiro atoms. The average Bonchev–Trinajstić information content (AvgIpc) is 2.06. The van der Waals surface area contributed by atoms with Crippen LogP contribution in [0.15, 0.2) is 20.7 Å². The Labute approximate surface area is 91.9 Å². The summed E-state index contributed by atoms with van der Waals surface area (Å²) in [6.07, 6.45) is -2.38. The van der Waals surface area contributed by atoms with Crippen molar-refractivity contribution < 1.29 is 17.2 Å². The molecular weight excluding hydrogens is 270 g/mol. The van der Waals surface area contributed by atoms with Gasteiger partial charge in [0.2, 0.25) is 0 Å². The van der Waals surface area contributed by atoms with Gasteiger partial charge in [0, 0.05) is 16.9 Å². The first-order valence-corrected chi connectivity index (χ1v) is 6.09. The van der Waals surface area contributed by atoms with Gasteiger partial charge in [0.25, 0.3) is 21.0 Å². The van der Waals surface area contributed by atoms with E-state index >= 15 is 0 Å². The van der Waals surface area contributed by atoms with E-state index in [4.69, 9.17) is 10.7 Å². The highest BCUT2D eigenvalue weighted by molar-refractivity contribution is 8.13. The molecule has 0 saturated heterocycles. The van der Waals surface area contributed by atoms with Crippen LogP contribution in [0.4, 0.5) is 8.78 Å². The Morgan fingerprint density at radius 3 is 2.44 bits per heavy atom. The zero-order valence-electron chi connectivity index (χ0n) is 7.48. The normalized spacial score (nSPS) is 12.0. The maximum absolute atomic E-state index is 12.0. The van der Waals surface area contributed by atoms with Gasteiger partial charge in [0.05, 0.1) is 6.54 Å². The van der Waals surface area contributed by atoms with Gasteiger partial charge >= 0.3 is 5.69 Å². The third-order valence-electron chi connectivity index (χ3n) is 1.58. The van der Waals surface area contributed by atoms with Crippen molar-refractivity contribution in [3.63, 3.8) is 0 Å². The molecule has 0 fully saturated rings. The third-order valence-corrected chi connectivity index (χ3v) is 2.89. The number of nitrogens with one attached hydrogen (secondary N) is 1. The predicted octanol–water partition coefficient (Wildman–Crippen LogP) is -0.271. The fourth-order valence-corrected chi connectivity index (χ4v) is 1.80. The minimum Gasteiger partial charge on any atom is -0.293 e. The summed E-state index contributed by atoms with van der Waals surface area (Å²) in [6, 6.07) is 0. The standard InChI is InChI=1S/C6H5ClF2N2O4S/c7-16(14,15)3-1-11(2-4(8)9)6(13)10-5(3)12/h1,4H,2H2,(H,10,12,13). The molecule has 0 aromatic carbocycles. The van der Waals surface area contributed by atoms with Crippen LogP contribution in [-0.4, -0.2) is 24.4 Å². The zero-order valence-corrected chi connectivity index (χ0v) is 9.06. The Hall–Kier alpha value is -1.22. The smallest absolute Gasteiger partial charge is 0.293 e. The molecule has 1 rings (SSSR count). The van der Waals surface area contributed by atoms with Crippen molar-refractivity contribution in [2.45, 2.75) is 17.9 Å². The Morgan fingerprint density at radius 1 is 1.44 bits per heavy atom. The van der Waals surface area contributed by atoms with Gasteiger partial charge in [-0.3, -0.25) is 14.3 Å². The van der Waals surface area contributed by atoms with Crippen molar-refractivity contribution in [2.24, 2.45) is 0 Å². The second-order valence-electron chi connectivity index (χ2n) is 2.73. The summed E-state index contributed by atoms with van der Waals surface area (Å²) < 4.78 is 46.0. The van der Waals surface area contributed by atoms with Crippen molar-refractivity contribution in [2.75, 3.05) is 0 Å². The lowest BCUT2D eigenvalue weighted by Gasteiger charge is -2.04. The molecule has 0 aliphatic carbocycles. The molecule has 90 valence electrons. The third kappa shape index (κ3) is 2.89. The molecule has 0 aliphatic rings. The lowest BCUT2D eigenvalue weighted by atomic mass is 10.6. The summed E-state index contributed by atoms with van der Waals surface area (Å²) in [7, 11) is 0.489. The fraction of sp³-hybridized carbons (Fsp3) is 0.333. The van der Waals surface area contributed by atoms with E-state index in [9.17, 15) is 26.8 Å². The van der Waals surface area contributed by atoms with Gasteiger partial charge in [0.15, 0.2) is 4.90 Å².